The first kappa shape index (κ1) is 16.5. The fourth-order valence-corrected chi connectivity index (χ4v) is 3.70. The Kier molecular flexibility index (Phi) is 4.75. The monoisotopic (exact) mass is 362 g/mol. The Balaban J connectivity index is 1.29. The zero-order valence-electron chi connectivity index (χ0n) is 14.1. The Labute approximate surface area is 155 Å². The van der Waals surface area contributed by atoms with Crippen molar-refractivity contribution in [1.29, 1.82) is 0 Å². The summed E-state index contributed by atoms with van der Waals surface area (Å²) >= 11 is 1.65. The summed E-state index contributed by atoms with van der Waals surface area (Å²) < 4.78 is 1.16. The molecular weight excluding hydrogens is 344 g/mol. The Morgan fingerprint density at radius 1 is 1.08 bits per heavy atom. The lowest BCUT2D eigenvalue weighted by molar-refractivity contribution is -0.121. The van der Waals surface area contributed by atoms with Crippen LogP contribution in [0.3, 0.4) is 0 Å². The predicted octanol–water partition coefficient (Wildman–Crippen LogP) is 3.94. The van der Waals surface area contributed by atoms with Crippen LogP contribution in [0.15, 0.2) is 60.8 Å². The second kappa shape index (κ2) is 7.49. The molecule has 2 heterocycles. The van der Waals surface area contributed by atoms with Gasteiger partial charge in [0.25, 0.3) is 0 Å². The predicted molar refractivity (Wildman–Crippen MR) is 104 cm³/mol. The molecule has 0 spiro atoms. The van der Waals surface area contributed by atoms with Gasteiger partial charge in [-0.05, 0) is 17.7 Å². The molecule has 5 nitrogen and oxygen atoms in total. The molecule has 2 N–H and O–H groups in total. The molecule has 6 heteroatoms. The third-order valence-corrected chi connectivity index (χ3v) is 5.17. The van der Waals surface area contributed by atoms with Gasteiger partial charge in [0.05, 0.1) is 33.7 Å². The molecule has 4 rings (SSSR count). The summed E-state index contributed by atoms with van der Waals surface area (Å²) in [6.07, 6.45) is 2.86. The van der Waals surface area contributed by atoms with Gasteiger partial charge in [-0.1, -0.05) is 42.5 Å². The van der Waals surface area contributed by atoms with E-state index >= 15 is 0 Å². The van der Waals surface area contributed by atoms with Crippen molar-refractivity contribution in [3.8, 4) is 11.3 Å². The van der Waals surface area contributed by atoms with Crippen LogP contribution in [0.4, 0.5) is 0 Å². The highest BCUT2D eigenvalue weighted by atomic mass is 32.1. The number of benzene rings is 2. The van der Waals surface area contributed by atoms with Crippen molar-refractivity contribution in [2.24, 2.45) is 0 Å². The molecule has 0 saturated carbocycles. The smallest absolute Gasteiger partial charge is 0.220 e. The number of aromatic nitrogens is 3. The van der Waals surface area contributed by atoms with Gasteiger partial charge in [-0.2, -0.15) is 0 Å². The van der Waals surface area contributed by atoms with Gasteiger partial charge >= 0.3 is 0 Å². The number of nitrogens with zero attached hydrogens (tertiary/aromatic N) is 2. The topological polar surface area (TPSA) is 70.7 Å². The first-order chi connectivity index (χ1) is 12.8. The SMILES string of the molecule is O=C(CCc1nc2ccccc2s1)NCc1ncc(-c2ccccc2)[nH]1. The lowest BCUT2D eigenvalue weighted by atomic mass is 10.2. The number of hydrogen-bond acceptors (Lipinski definition) is 4. The maximum Gasteiger partial charge on any atom is 0.220 e. The van der Waals surface area contributed by atoms with Crippen LogP contribution in [0.25, 0.3) is 21.5 Å². The first-order valence-electron chi connectivity index (χ1n) is 8.48. The number of rotatable bonds is 6. The number of hydrogen-bond donors (Lipinski definition) is 2. The number of carbonyl (C=O) groups is 1. The molecule has 0 unspecified atom stereocenters. The van der Waals surface area contributed by atoms with Crippen molar-refractivity contribution in [3.63, 3.8) is 0 Å². The van der Waals surface area contributed by atoms with E-state index in [-0.39, 0.29) is 5.91 Å². The van der Waals surface area contributed by atoms with Crippen LogP contribution in [0.5, 0.6) is 0 Å². The van der Waals surface area contributed by atoms with Gasteiger partial charge in [-0.25, -0.2) is 9.97 Å². The van der Waals surface area contributed by atoms with Crippen molar-refractivity contribution in [1.82, 2.24) is 20.3 Å². The normalized spacial score (nSPS) is 10.9. The minimum absolute atomic E-state index is 0.00178. The van der Waals surface area contributed by atoms with Crippen LogP contribution in [-0.2, 0) is 17.8 Å². The molecule has 26 heavy (non-hydrogen) atoms. The number of thiazole rings is 1. The molecule has 2 aromatic heterocycles. The van der Waals surface area contributed by atoms with Crippen LogP contribution in [0, 0.1) is 0 Å². The molecule has 0 fully saturated rings. The summed E-state index contributed by atoms with van der Waals surface area (Å²) in [5, 5.41) is 3.90. The molecule has 0 radical (unpaired) electrons. The second-order valence-electron chi connectivity index (χ2n) is 5.96. The molecule has 0 saturated heterocycles. The quantitative estimate of drug-likeness (QED) is 0.546. The highest BCUT2D eigenvalue weighted by molar-refractivity contribution is 7.18. The van der Waals surface area contributed by atoms with Gasteiger partial charge in [0.2, 0.25) is 5.91 Å². The van der Waals surface area contributed by atoms with Crippen LogP contribution in [-0.4, -0.2) is 20.9 Å². The molecular formula is C20H18N4OS. The van der Waals surface area contributed by atoms with E-state index in [4.69, 9.17) is 0 Å². The van der Waals surface area contributed by atoms with Crippen LogP contribution in [0.2, 0.25) is 0 Å². The molecule has 0 bridgehead atoms. The van der Waals surface area contributed by atoms with Crippen molar-refractivity contribution >= 4 is 27.5 Å². The number of H-pyrrole nitrogens is 1. The highest BCUT2D eigenvalue weighted by Gasteiger charge is 2.08. The summed E-state index contributed by atoms with van der Waals surface area (Å²) in [6.45, 7) is 0.394. The third kappa shape index (κ3) is 3.81. The highest BCUT2D eigenvalue weighted by Crippen LogP contribution is 2.22. The number of para-hydroxylation sites is 1. The van der Waals surface area contributed by atoms with Gasteiger partial charge in [-0.3, -0.25) is 4.79 Å². The summed E-state index contributed by atoms with van der Waals surface area (Å²) in [5.41, 5.74) is 3.02. The summed E-state index contributed by atoms with van der Waals surface area (Å²) in [5.74, 6) is 0.749. The number of carbonyl (C=O) groups excluding carboxylic acids is 1. The van der Waals surface area contributed by atoms with Crippen molar-refractivity contribution in [2.75, 3.05) is 0 Å². The first-order valence-corrected chi connectivity index (χ1v) is 9.30. The van der Waals surface area contributed by atoms with E-state index < -0.39 is 0 Å². The molecule has 0 atom stereocenters. The summed E-state index contributed by atoms with van der Waals surface area (Å²) in [7, 11) is 0. The number of fused-ring (bicyclic) bond motifs is 1. The zero-order valence-corrected chi connectivity index (χ0v) is 14.9. The van der Waals surface area contributed by atoms with Crippen molar-refractivity contribution in [2.45, 2.75) is 19.4 Å². The Morgan fingerprint density at radius 2 is 1.88 bits per heavy atom. The van der Waals surface area contributed by atoms with E-state index in [1.807, 2.05) is 48.5 Å². The molecule has 0 aliphatic carbocycles. The molecule has 4 aromatic rings. The van der Waals surface area contributed by atoms with E-state index in [1.54, 1.807) is 17.5 Å². The maximum absolute atomic E-state index is 12.1. The minimum Gasteiger partial charge on any atom is -0.349 e. The third-order valence-electron chi connectivity index (χ3n) is 4.07. The van der Waals surface area contributed by atoms with Gasteiger partial charge in [0.15, 0.2) is 0 Å². The molecule has 130 valence electrons. The standard InChI is InChI=1S/C20H18N4OS/c25-19(10-11-20-24-15-8-4-5-9-17(15)26-20)22-13-18-21-12-16(23-18)14-6-2-1-3-7-14/h1-9,12H,10-11,13H2,(H,21,23)(H,22,25). The summed E-state index contributed by atoms with van der Waals surface area (Å²) in [6, 6.07) is 18.0. The lowest BCUT2D eigenvalue weighted by Gasteiger charge is -2.02. The Hall–Kier alpha value is -2.99. The average Bonchev–Trinajstić information content (AvgIpc) is 3.32. The number of imidazole rings is 1. The second-order valence-corrected chi connectivity index (χ2v) is 7.08. The zero-order chi connectivity index (χ0) is 17.8. The number of amides is 1. The molecule has 2 aromatic carbocycles. The van der Waals surface area contributed by atoms with Crippen molar-refractivity contribution < 1.29 is 4.79 Å². The van der Waals surface area contributed by atoms with Crippen LogP contribution in [0.1, 0.15) is 17.3 Å². The van der Waals surface area contributed by atoms with Gasteiger partial charge in [0.1, 0.15) is 5.82 Å². The van der Waals surface area contributed by atoms with E-state index in [0.717, 1.165) is 32.3 Å². The minimum atomic E-state index is 0.00178. The molecule has 0 aliphatic rings. The van der Waals surface area contributed by atoms with E-state index in [1.165, 1.54) is 0 Å². The molecule has 1 amide bonds. The van der Waals surface area contributed by atoms with Gasteiger partial charge < -0.3 is 10.3 Å². The van der Waals surface area contributed by atoms with Gasteiger partial charge in [0, 0.05) is 12.8 Å². The van der Waals surface area contributed by atoms with E-state index in [2.05, 4.69) is 26.3 Å². The Bertz CT molecular complexity index is 989. The number of nitrogens with one attached hydrogen (secondary N) is 2. The average molecular weight is 362 g/mol. The largest absolute Gasteiger partial charge is 0.349 e. The maximum atomic E-state index is 12.1. The Morgan fingerprint density at radius 3 is 2.73 bits per heavy atom. The lowest BCUT2D eigenvalue weighted by Crippen LogP contribution is -2.23. The summed E-state index contributed by atoms with van der Waals surface area (Å²) in [4.78, 5) is 24.2. The number of aromatic amines is 1. The fourth-order valence-electron chi connectivity index (χ4n) is 2.73. The van der Waals surface area contributed by atoms with E-state index in [9.17, 15) is 4.79 Å². The van der Waals surface area contributed by atoms with Crippen LogP contribution >= 0.6 is 11.3 Å². The number of aryl methyl sites for hydroxylation is 1. The van der Waals surface area contributed by atoms with Gasteiger partial charge in [-0.15, -0.1) is 11.3 Å². The van der Waals surface area contributed by atoms with E-state index in [0.29, 0.717) is 19.4 Å². The molecule has 0 aliphatic heterocycles. The van der Waals surface area contributed by atoms with Crippen LogP contribution < -0.4 is 5.32 Å². The fraction of sp³-hybridized carbons (Fsp3) is 0.150. The van der Waals surface area contributed by atoms with Crippen molar-refractivity contribution in [3.05, 3.63) is 71.6 Å².